The van der Waals surface area contributed by atoms with Crippen molar-refractivity contribution in [3.8, 4) is 11.8 Å². The fraction of sp³-hybridized carbons (Fsp3) is 0.263. The van der Waals surface area contributed by atoms with E-state index < -0.39 is 0 Å². The van der Waals surface area contributed by atoms with Gasteiger partial charge in [-0.2, -0.15) is 5.26 Å². The molecule has 0 spiro atoms. The Morgan fingerprint density at radius 2 is 1.74 bits per heavy atom. The van der Waals surface area contributed by atoms with Crippen LogP contribution in [0.15, 0.2) is 36.4 Å². The maximum Gasteiger partial charge on any atom is 0.262 e. The number of amides is 1. The zero-order valence-electron chi connectivity index (χ0n) is 13.6. The van der Waals surface area contributed by atoms with Gasteiger partial charge in [0.05, 0.1) is 12.5 Å². The van der Waals surface area contributed by atoms with Crippen LogP contribution in [-0.4, -0.2) is 12.5 Å². The van der Waals surface area contributed by atoms with E-state index in [1.807, 2.05) is 45.0 Å². The van der Waals surface area contributed by atoms with E-state index in [1.165, 1.54) is 5.56 Å². The monoisotopic (exact) mass is 308 g/mol. The number of hydrogen-bond donors (Lipinski definition) is 1. The van der Waals surface area contributed by atoms with Crippen LogP contribution in [0.2, 0.25) is 0 Å². The van der Waals surface area contributed by atoms with Crippen LogP contribution in [0.3, 0.4) is 0 Å². The molecule has 0 aliphatic carbocycles. The first-order valence-corrected chi connectivity index (χ1v) is 7.46. The van der Waals surface area contributed by atoms with E-state index in [2.05, 4.69) is 11.4 Å². The van der Waals surface area contributed by atoms with Crippen molar-refractivity contribution < 1.29 is 9.53 Å². The van der Waals surface area contributed by atoms with Gasteiger partial charge in [0.25, 0.3) is 5.91 Å². The van der Waals surface area contributed by atoms with Gasteiger partial charge in [-0.05, 0) is 49.6 Å². The molecule has 0 radical (unpaired) electrons. The van der Waals surface area contributed by atoms with Crippen LogP contribution in [0.1, 0.15) is 22.3 Å². The van der Waals surface area contributed by atoms with Gasteiger partial charge in [-0.3, -0.25) is 4.79 Å². The van der Waals surface area contributed by atoms with Crippen LogP contribution in [0.5, 0.6) is 5.75 Å². The molecule has 118 valence electrons. The summed E-state index contributed by atoms with van der Waals surface area (Å²) in [5.74, 6) is 0.549. The summed E-state index contributed by atoms with van der Waals surface area (Å²) in [5, 5.41) is 11.4. The van der Waals surface area contributed by atoms with Crippen LogP contribution >= 0.6 is 0 Å². The summed E-state index contributed by atoms with van der Waals surface area (Å²) in [6.45, 7) is 5.94. The Hall–Kier alpha value is -2.80. The molecule has 0 aromatic heterocycles. The Balaban J connectivity index is 1.94. The predicted octanol–water partition coefficient (Wildman–Crippen LogP) is 3.70. The molecule has 4 nitrogen and oxygen atoms in total. The largest absolute Gasteiger partial charge is 0.483 e. The fourth-order valence-electron chi connectivity index (χ4n) is 2.53. The molecule has 0 heterocycles. The second kappa shape index (κ2) is 7.46. The van der Waals surface area contributed by atoms with Gasteiger partial charge in [0.1, 0.15) is 5.75 Å². The lowest BCUT2D eigenvalue weighted by molar-refractivity contribution is -0.118. The summed E-state index contributed by atoms with van der Waals surface area (Å²) in [4.78, 5) is 12.0. The summed E-state index contributed by atoms with van der Waals surface area (Å²) in [7, 11) is 0. The van der Waals surface area contributed by atoms with Crippen LogP contribution in [-0.2, 0) is 11.2 Å². The molecule has 2 aromatic carbocycles. The summed E-state index contributed by atoms with van der Waals surface area (Å²) in [6.07, 6.45) is 0.364. The van der Waals surface area contributed by atoms with Crippen molar-refractivity contribution in [3.63, 3.8) is 0 Å². The number of nitrogens with one attached hydrogen (secondary N) is 1. The Bertz CT molecular complexity index is 720. The molecular weight excluding hydrogens is 288 g/mol. The number of carbonyl (C=O) groups excluding carboxylic acids is 1. The van der Waals surface area contributed by atoms with Crippen LogP contribution in [0.25, 0.3) is 0 Å². The smallest absolute Gasteiger partial charge is 0.262 e. The van der Waals surface area contributed by atoms with Gasteiger partial charge in [0, 0.05) is 5.69 Å². The molecule has 2 aromatic rings. The number of nitriles is 1. The summed E-state index contributed by atoms with van der Waals surface area (Å²) in [6, 6.07) is 13.4. The van der Waals surface area contributed by atoms with Gasteiger partial charge < -0.3 is 10.1 Å². The molecule has 0 aliphatic rings. The second-order valence-corrected chi connectivity index (χ2v) is 5.60. The molecule has 0 saturated heterocycles. The fourth-order valence-corrected chi connectivity index (χ4v) is 2.53. The van der Waals surface area contributed by atoms with Gasteiger partial charge in [0.2, 0.25) is 0 Å². The zero-order valence-corrected chi connectivity index (χ0v) is 13.6. The molecule has 2 rings (SSSR count). The predicted molar refractivity (Wildman–Crippen MR) is 90.5 cm³/mol. The highest BCUT2D eigenvalue weighted by Gasteiger charge is 2.08. The molecule has 4 heteroatoms. The van der Waals surface area contributed by atoms with Crippen molar-refractivity contribution in [2.45, 2.75) is 27.2 Å². The maximum atomic E-state index is 12.0. The average Bonchev–Trinajstić information content (AvgIpc) is 2.48. The molecular formula is C19H20N2O2. The first-order chi connectivity index (χ1) is 11.0. The Labute approximate surface area is 136 Å². The lowest BCUT2D eigenvalue weighted by Crippen LogP contribution is -2.20. The van der Waals surface area contributed by atoms with Gasteiger partial charge in [-0.25, -0.2) is 0 Å². The first kappa shape index (κ1) is 16.6. The van der Waals surface area contributed by atoms with E-state index in [-0.39, 0.29) is 12.5 Å². The third kappa shape index (κ3) is 4.58. The van der Waals surface area contributed by atoms with Crippen molar-refractivity contribution >= 4 is 11.6 Å². The van der Waals surface area contributed by atoms with Gasteiger partial charge in [-0.15, -0.1) is 0 Å². The number of rotatable bonds is 5. The second-order valence-electron chi connectivity index (χ2n) is 5.60. The van der Waals surface area contributed by atoms with Gasteiger partial charge >= 0.3 is 0 Å². The molecule has 0 fully saturated rings. The number of anilines is 1. The van der Waals surface area contributed by atoms with E-state index in [0.29, 0.717) is 12.1 Å². The van der Waals surface area contributed by atoms with Crippen molar-refractivity contribution in [2.24, 2.45) is 0 Å². The van der Waals surface area contributed by atoms with Crippen LogP contribution in [0, 0.1) is 32.1 Å². The Morgan fingerprint density at radius 1 is 1.13 bits per heavy atom. The number of hydrogen-bond acceptors (Lipinski definition) is 3. The van der Waals surface area contributed by atoms with Crippen molar-refractivity contribution in [1.82, 2.24) is 0 Å². The highest BCUT2D eigenvalue weighted by atomic mass is 16.5. The molecule has 0 unspecified atom stereocenters. The highest BCUT2D eigenvalue weighted by Crippen LogP contribution is 2.24. The Morgan fingerprint density at radius 3 is 2.30 bits per heavy atom. The zero-order chi connectivity index (χ0) is 16.8. The summed E-state index contributed by atoms with van der Waals surface area (Å²) >= 11 is 0. The van der Waals surface area contributed by atoms with E-state index in [4.69, 9.17) is 10.00 Å². The number of nitrogens with zero attached hydrogens (tertiary/aromatic N) is 1. The molecule has 0 atom stereocenters. The lowest BCUT2D eigenvalue weighted by Gasteiger charge is -2.13. The minimum Gasteiger partial charge on any atom is -0.483 e. The van der Waals surface area contributed by atoms with E-state index in [1.54, 1.807) is 12.1 Å². The standard InChI is InChI=1S/C19H20N2O2/c1-13-10-14(2)19(15(3)11-13)23-12-18(22)21-17-6-4-16(5-7-17)8-9-20/h4-7,10-11H,8,12H2,1-3H3,(H,21,22). The van der Waals surface area contributed by atoms with Crippen LogP contribution < -0.4 is 10.1 Å². The van der Waals surface area contributed by atoms with Crippen molar-refractivity contribution in [1.29, 1.82) is 5.26 Å². The normalized spacial score (nSPS) is 10.0. The van der Waals surface area contributed by atoms with Crippen LogP contribution in [0.4, 0.5) is 5.69 Å². The SMILES string of the molecule is Cc1cc(C)c(OCC(=O)Nc2ccc(CC#N)cc2)c(C)c1. The summed E-state index contributed by atoms with van der Waals surface area (Å²) < 4.78 is 5.66. The first-order valence-electron chi connectivity index (χ1n) is 7.46. The average molecular weight is 308 g/mol. The molecule has 0 bridgehead atoms. The minimum absolute atomic E-state index is 0.0370. The number of benzene rings is 2. The van der Waals surface area contributed by atoms with Crippen molar-refractivity contribution in [2.75, 3.05) is 11.9 Å². The van der Waals surface area contributed by atoms with E-state index in [0.717, 1.165) is 22.4 Å². The summed E-state index contributed by atoms with van der Waals surface area (Å²) in [5.41, 5.74) is 4.84. The number of ether oxygens (including phenoxy) is 1. The number of aryl methyl sites for hydroxylation is 3. The van der Waals surface area contributed by atoms with Gasteiger partial charge in [0.15, 0.2) is 6.61 Å². The molecule has 1 amide bonds. The van der Waals surface area contributed by atoms with Gasteiger partial charge in [-0.1, -0.05) is 29.8 Å². The van der Waals surface area contributed by atoms with E-state index in [9.17, 15) is 4.79 Å². The molecule has 23 heavy (non-hydrogen) atoms. The molecule has 0 aliphatic heterocycles. The Kier molecular flexibility index (Phi) is 5.37. The van der Waals surface area contributed by atoms with E-state index >= 15 is 0 Å². The topological polar surface area (TPSA) is 62.1 Å². The maximum absolute atomic E-state index is 12.0. The third-order valence-corrected chi connectivity index (χ3v) is 3.47. The molecule has 0 saturated carbocycles. The number of carbonyl (C=O) groups is 1. The third-order valence-electron chi connectivity index (χ3n) is 3.47. The lowest BCUT2D eigenvalue weighted by atomic mass is 10.1. The van der Waals surface area contributed by atoms with Crippen molar-refractivity contribution in [3.05, 3.63) is 58.7 Å². The minimum atomic E-state index is -0.211. The molecule has 1 N–H and O–H groups in total. The quantitative estimate of drug-likeness (QED) is 0.916. The highest BCUT2D eigenvalue weighted by molar-refractivity contribution is 5.91.